The smallest absolute Gasteiger partial charge is 0.338 e. The molecule has 8 nitrogen and oxygen atoms in total. The van der Waals surface area contributed by atoms with E-state index in [2.05, 4.69) is 23.0 Å². The van der Waals surface area contributed by atoms with Gasteiger partial charge in [0.2, 0.25) is 5.75 Å². The van der Waals surface area contributed by atoms with E-state index in [4.69, 9.17) is 18.9 Å². The first-order valence-corrected chi connectivity index (χ1v) is 11.4. The molecule has 1 aromatic carbocycles. The maximum Gasteiger partial charge on any atom is 0.338 e. The maximum atomic E-state index is 12.6. The topological polar surface area (TPSA) is 80.7 Å². The monoisotopic (exact) mass is 462 g/mol. The summed E-state index contributed by atoms with van der Waals surface area (Å²) >= 11 is 0. The van der Waals surface area contributed by atoms with Gasteiger partial charge in [-0.3, -0.25) is 0 Å². The Bertz CT molecular complexity index is 770. The first kappa shape index (κ1) is 26.7. The Kier molecular flexibility index (Phi) is 11.8. The molecule has 1 saturated heterocycles. The van der Waals surface area contributed by atoms with Crippen molar-refractivity contribution in [1.29, 1.82) is 0 Å². The van der Waals surface area contributed by atoms with Gasteiger partial charge in [0.1, 0.15) is 6.61 Å². The van der Waals surface area contributed by atoms with Crippen molar-refractivity contribution in [3.63, 3.8) is 0 Å². The lowest BCUT2D eigenvalue weighted by molar-refractivity contribution is 0.0487. The van der Waals surface area contributed by atoms with E-state index in [-0.39, 0.29) is 6.61 Å². The summed E-state index contributed by atoms with van der Waals surface area (Å²) in [5, 5.41) is 9.67. The fourth-order valence-electron chi connectivity index (χ4n) is 3.74. The number of methoxy groups -OCH3 is 2. The van der Waals surface area contributed by atoms with E-state index >= 15 is 0 Å². The van der Waals surface area contributed by atoms with Gasteiger partial charge in [0, 0.05) is 26.2 Å². The highest BCUT2D eigenvalue weighted by molar-refractivity contribution is 5.91. The Labute approximate surface area is 197 Å². The van der Waals surface area contributed by atoms with Crippen LogP contribution in [0.3, 0.4) is 0 Å². The fraction of sp³-hybridized carbons (Fsp3) is 0.560. The van der Waals surface area contributed by atoms with Crippen molar-refractivity contribution < 1.29 is 28.8 Å². The Hall–Kier alpha value is -2.55. The van der Waals surface area contributed by atoms with Crippen LogP contribution in [0.25, 0.3) is 0 Å². The zero-order valence-corrected chi connectivity index (χ0v) is 20.0. The van der Waals surface area contributed by atoms with E-state index in [1.54, 1.807) is 24.3 Å². The minimum absolute atomic E-state index is 0.278. The molecule has 33 heavy (non-hydrogen) atoms. The molecule has 0 radical (unpaired) electrons. The molecule has 0 aliphatic carbocycles. The Morgan fingerprint density at radius 3 is 2.42 bits per heavy atom. The lowest BCUT2D eigenvalue weighted by Crippen LogP contribution is -2.33. The molecule has 1 fully saturated rings. The third-order valence-electron chi connectivity index (χ3n) is 5.58. The average Bonchev–Trinajstić information content (AvgIpc) is 3.07. The molecule has 0 bridgehead atoms. The van der Waals surface area contributed by atoms with Crippen LogP contribution in [0.15, 0.2) is 37.4 Å². The molecule has 0 saturated carbocycles. The summed E-state index contributed by atoms with van der Waals surface area (Å²) in [6, 6.07) is 3.19. The van der Waals surface area contributed by atoms with Crippen molar-refractivity contribution in [3.05, 3.63) is 43.0 Å². The highest BCUT2D eigenvalue weighted by Crippen LogP contribution is 2.38. The lowest BCUT2D eigenvalue weighted by atomic mass is 10.2. The van der Waals surface area contributed by atoms with Gasteiger partial charge in [-0.1, -0.05) is 18.7 Å². The number of esters is 1. The van der Waals surface area contributed by atoms with Crippen molar-refractivity contribution in [1.82, 2.24) is 9.80 Å². The minimum Gasteiger partial charge on any atom is -0.493 e. The van der Waals surface area contributed by atoms with Crippen LogP contribution in [-0.2, 0) is 4.74 Å². The molecule has 1 atom stereocenters. The number of aliphatic hydroxyl groups is 1. The largest absolute Gasteiger partial charge is 0.493 e. The molecule has 0 amide bonds. The van der Waals surface area contributed by atoms with Crippen LogP contribution >= 0.6 is 0 Å². The van der Waals surface area contributed by atoms with E-state index in [1.807, 2.05) is 0 Å². The summed E-state index contributed by atoms with van der Waals surface area (Å²) in [7, 11) is 3.03. The number of benzene rings is 1. The zero-order chi connectivity index (χ0) is 24.1. The fourth-order valence-corrected chi connectivity index (χ4v) is 3.74. The van der Waals surface area contributed by atoms with Crippen molar-refractivity contribution in [2.45, 2.75) is 25.4 Å². The van der Waals surface area contributed by atoms with Crippen LogP contribution in [0.1, 0.15) is 29.6 Å². The highest BCUT2D eigenvalue weighted by Gasteiger charge is 2.19. The predicted molar refractivity (Wildman–Crippen MR) is 128 cm³/mol. The van der Waals surface area contributed by atoms with Crippen LogP contribution in [-0.4, -0.2) is 93.7 Å². The average molecular weight is 463 g/mol. The van der Waals surface area contributed by atoms with E-state index in [0.717, 1.165) is 58.5 Å². The lowest BCUT2D eigenvalue weighted by Gasteiger charge is -2.22. The zero-order valence-electron chi connectivity index (χ0n) is 20.0. The van der Waals surface area contributed by atoms with E-state index in [9.17, 15) is 9.90 Å². The summed E-state index contributed by atoms with van der Waals surface area (Å²) in [6.07, 6.45) is 5.33. The van der Waals surface area contributed by atoms with Gasteiger partial charge in [-0.15, -0.1) is 6.58 Å². The van der Waals surface area contributed by atoms with Crippen molar-refractivity contribution >= 4 is 5.97 Å². The molecule has 1 aromatic rings. The molecule has 1 heterocycles. The van der Waals surface area contributed by atoms with Gasteiger partial charge < -0.3 is 33.9 Å². The van der Waals surface area contributed by atoms with E-state index in [0.29, 0.717) is 29.4 Å². The number of ether oxygens (including phenoxy) is 4. The van der Waals surface area contributed by atoms with Crippen molar-refractivity contribution in [2.24, 2.45) is 0 Å². The summed E-state index contributed by atoms with van der Waals surface area (Å²) < 4.78 is 21.8. The standard InChI is InChI=1S/C25H38N2O6/c1-5-16-32-23-19-20(18-22(30-3)24(23)31-4)25(29)33-17-8-12-26-10-7-11-27(15-14-26)13-9-21(28)6-2/h5-6,18-19,21,28H,1-2,7-17H2,3-4H3/t21-/m1/s1. The third kappa shape index (κ3) is 8.72. The molecule has 1 aliphatic heterocycles. The second-order valence-corrected chi connectivity index (χ2v) is 7.93. The molecule has 0 unspecified atom stereocenters. The van der Waals surface area contributed by atoms with Crippen LogP contribution in [0.4, 0.5) is 0 Å². The summed E-state index contributed by atoms with van der Waals surface area (Å²) in [4.78, 5) is 17.4. The first-order valence-electron chi connectivity index (χ1n) is 11.4. The number of hydrogen-bond donors (Lipinski definition) is 1. The Morgan fingerprint density at radius 1 is 1.09 bits per heavy atom. The molecule has 0 aromatic heterocycles. The maximum absolute atomic E-state index is 12.6. The molecule has 1 N–H and O–H groups in total. The van der Waals surface area contributed by atoms with Crippen LogP contribution in [0.2, 0.25) is 0 Å². The van der Waals surface area contributed by atoms with Crippen molar-refractivity contribution in [3.8, 4) is 17.2 Å². The molecular weight excluding hydrogens is 424 g/mol. The number of aliphatic hydroxyl groups excluding tert-OH is 1. The highest BCUT2D eigenvalue weighted by atomic mass is 16.5. The van der Waals surface area contributed by atoms with Gasteiger partial charge in [0.15, 0.2) is 11.5 Å². The number of carbonyl (C=O) groups is 1. The molecule has 1 aliphatic rings. The van der Waals surface area contributed by atoms with Crippen molar-refractivity contribution in [2.75, 3.05) is 66.7 Å². The number of hydrogen-bond acceptors (Lipinski definition) is 8. The normalized spacial score (nSPS) is 15.8. The van der Waals surface area contributed by atoms with Gasteiger partial charge in [-0.2, -0.15) is 0 Å². The van der Waals surface area contributed by atoms with Gasteiger partial charge in [-0.05, 0) is 44.5 Å². The molecule has 2 rings (SSSR count). The molecule has 184 valence electrons. The summed E-state index contributed by atoms with van der Waals surface area (Å²) in [5.74, 6) is 0.798. The van der Waals surface area contributed by atoms with Gasteiger partial charge >= 0.3 is 5.97 Å². The number of nitrogens with zero attached hydrogens (tertiary/aromatic N) is 2. The molecule has 8 heteroatoms. The van der Waals surface area contributed by atoms with Gasteiger partial charge in [-0.25, -0.2) is 4.79 Å². The molecular formula is C25H38N2O6. The van der Waals surface area contributed by atoms with Crippen LogP contribution in [0.5, 0.6) is 17.2 Å². The van der Waals surface area contributed by atoms with Crippen LogP contribution in [0, 0.1) is 0 Å². The Balaban J connectivity index is 1.80. The van der Waals surface area contributed by atoms with Gasteiger partial charge in [0.05, 0.1) is 32.5 Å². The minimum atomic E-state index is -0.436. The van der Waals surface area contributed by atoms with E-state index in [1.165, 1.54) is 14.2 Å². The second kappa shape index (κ2) is 14.6. The Morgan fingerprint density at radius 2 is 1.79 bits per heavy atom. The predicted octanol–water partition coefficient (Wildman–Crippen LogP) is 2.76. The van der Waals surface area contributed by atoms with E-state index < -0.39 is 12.1 Å². The summed E-state index contributed by atoms with van der Waals surface area (Å²) in [6.45, 7) is 13.6. The quantitative estimate of drug-likeness (QED) is 0.257. The number of rotatable bonds is 14. The van der Waals surface area contributed by atoms with Crippen LogP contribution < -0.4 is 14.2 Å². The third-order valence-corrected chi connectivity index (χ3v) is 5.58. The van der Waals surface area contributed by atoms with Gasteiger partial charge in [0.25, 0.3) is 0 Å². The first-order chi connectivity index (χ1) is 16.0. The summed E-state index contributed by atoms with van der Waals surface area (Å²) in [5.41, 5.74) is 0.346. The molecule has 0 spiro atoms. The number of carbonyl (C=O) groups excluding carboxylic acids is 1. The second-order valence-electron chi connectivity index (χ2n) is 7.93. The SMILES string of the molecule is C=CCOc1cc(C(=O)OCCCN2CCCN(CC[C@H](O)C=C)CC2)cc(OC)c1OC.